The van der Waals surface area contributed by atoms with E-state index < -0.39 is 0 Å². The fourth-order valence-corrected chi connectivity index (χ4v) is 2.78. The lowest BCUT2D eigenvalue weighted by atomic mass is 10.1. The Morgan fingerprint density at radius 1 is 1.22 bits per heavy atom. The third-order valence-electron chi connectivity index (χ3n) is 3.27. The maximum absolute atomic E-state index is 10.1. The maximum atomic E-state index is 10.1. The molecule has 1 heterocycles. The van der Waals surface area contributed by atoms with E-state index in [1.165, 1.54) is 30.0 Å². The minimum absolute atomic E-state index is 0.0562. The van der Waals surface area contributed by atoms with Crippen molar-refractivity contribution in [3.8, 4) is 34.2 Å². The summed E-state index contributed by atoms with van der Waals surface area (Å²) < 4.78 is 6.77. The Kier molecular flexibility index (Phi) is 4.06. The lowest BCUT2D eigenvalue weighted by molar-refractivity contribution is 0.416. The summed E-state index contributed by atoms with van der Waals surface area (Å²) in [5.41, 5.74) is 1.48. The van der Waals surface area contributed by atoms with E-state index in [0.29, 0.717) is 32.7 Å². The molecule has 0 aliphatic heterocycles. The number of ether oxygens (including phenoxy) is 1. The summed E-state index contributed by atoms with van der Waals surface area (Å²) in [6.45, 7) is 0. The molecule has 0 amide bonds. The second-order valence-electron chi connectivity index (χ2n) is 4.67. The highest BCUT2D eigenvalue weighted by molar-refractivity contribution is 7.80. The summed E-state index contributed by atoms with van der Waals surface area (Å²) >= 11 is 10.5. The van der Waals surface area contributed by atoms with Crippen LogP contribution in [0.2, 0.25) is 5.02 Å². The molecule has 0 aliphatic carbocycles. The van der Waals surface area contributed by atoms with Crippen molar-refractivity contribution in [1.29, 1.82) is 0 Å². The molecule has 3 rings (SSSR count). The van der Waals surface area contributed by atoms with Gasteiger partial charge >= 0.3 is 0 Å². The van der Waals surface area contributed by atoms with Crippen molar-refractivity contribution in [2.24, 2.45) is 0 Å². The van der Waals surface area contributed by atoms with Gasteiger partial charge in [-0.15, -0.1) is 17.7 Å². The number of para-hydroxylation sites is 1. The third kappa shape index (κ3) is 2.69. The van der Waals surface area contributed by atoms with Crippen LogP contribution in [0, 0.1) is 0 Å². The van der Waals surface area contributed by atoms with Gasteiger partial charge in [-0.25, -0.2) is 4.68 Å². The standard InChI is InChI=1S/C15H12ClN3O3S/c1-22-14-9(3-2-4-10(14)16)13-15(23)17-18-19(13)11-6-5-8(20)7-12(11)21/h2-7,20-21,23H,1H3. The van der Waals surface area contributed by atoms with Gasteiger partial charge in [0, 0.05) is 11.6 Å². The van der Waals surface area contributed by atoms with Crippen molar-refractivity contribution < 1.29 is 14.9 Å². The van der Waals surface area contributed by atoms with Crippen LogP contribution in [0.25, 0.3) is 16.9 Å². The molecule has 8 heteroatoms. The van der Waals surface area contributed by atoms with Crippen molar-refractivity contribution in [1.82, 2.24) is 15.0 Å². The van der Waals surface area contributed by atoms with Crippen molar-refractivity contribution in [2.75, 3.05) is 7.11 Å². The highest BCUT2D eigenvalue weighted by atomic mass is 35.5. The largest absolute Gasteiger partial charge is 0.508 e. The maximum Gasteiger partial charge on any atom is 0.146 e. The average molecular weight is 350 g/mol. The summed E-state index contributed by atoms with van der Waals surface area (Å²) in [5, 5.41) is 28.2. The number of aromatic hydroxyl groups is 2. The highest BCUT2D eigenvalue weighted by Crippen LogP contribution is 2.40. The number of hydrogen-bond donors (Lipinski definition) is 3. The molecule has 0 unspecified atom stereocenters. The molecule has 0 saturated carbocycles. The first kappa shape index (κ1) is 15.5. The lowest BCUT2D eigenvalue weighted by Crippen LogP contribution is -2.01. The van der Waals surface area contributed by atoms with Crippen molar-refractivity contribution in [3.63, 3.8) is 0 Å². The van der Waals surface area contributed by atoms with Gasteiger partial charge < -0.3 is 14.9 Å². The molecule has 2 aromatic carbocycles. The minimum atomic E-state index is -0.148. The van der Waals surface area contributed by atoms with Crippen LogP contribution in [0.5, 0.6) is 17.2 Å². The molecule has 2 N–H and O–H groups in total. The number of phenolic OH excluding ortho intramolecular Hbond substituents is 2. The molecule has 0 bridgehead atoms. The number of methoxy groups -OCH3 is 1. The Labute approximate surface area is 142 Å². The third-order valence-corrected chi connectivity index (χ3v) is 3.86. The van der Waals surface area contributed by atoms with E-state index in [-0.39, 0.29) is 11.5 Å². The van der Waals surface area contributed by atoms with Gasteiger partial charge in [0.25, 0.3) is 0 Å². The molecular weight excluding hydrogens is 338 g/mol. The average Bonchev–Trinajstić information content (AvgIpc) is 2.88. The molecular formula is C15H12ClN3O3S. The first-order valence-corrected chi connectivity index (χ1v) is 7.35. The van der Waals surface area contributed by atoms with Crippen LogP contribution >= 0.6 is 24.2 Å². The molecule has 0 spiro atoms. The van der Waals surface area contributed by atoms with Gasteiger partial charge in [0.2, 0.25) is 0 Å². The molecule has 0 aliphatic rings. The van der Waals surface area contributed by atoms with Gasteiger partial charge in [-0.2, -0.15) is 0 Å². The smallest absolute Gasteiger partial charge is 0.146 e. The van der Waals surface area contributed by atoms with E-state index in [1.54, 1.807) is 18.2 Å². The zero-order valence-electron chi connectivity index (χ0n) is 11.9. The summed E-state index contributed by atoms with van der Waals surface area (Å²) in [4.78, 5) is 0. The van der Waals surface area contributed by atoms with E-state index in [0.717, 1.165) is 0 Å². The Balaban J connectivity index is 2.27. The summed E-state index contributed by atoms with van der Waals surface area (Å²) in [7, 11) is 1.51. The van der Waals surface area contributed by atoms with Crippen molar-refractivity contribution >= 4 is 24.2 Å². The number of nitrogens with zero attached hydrogens (tertiary/aromatic N) is 3. The van der Waals surface area contributed by atoms with Gasteiger partial charge in [0.05, 0.1) is 12.1 Å². The van der Waals surface area contributed by atoms with Crippen LogP contribution in [-0.4, -0.2) is 32.3 Å². The molecule has 0 fully saturated rings. The number of hydrogen-bond acceptors (Lipinski definition) is 6. The van der Waals surface area contributed by atoms with Gasteiger partial charge in [-0.05, 0) is 24.3 Å². The molecule has 0 atom stereocenters. The van der Waals surface area contributed by atoms with Gasteiger partial charge in [0.15, 0.2) is 0 Å². The normalized spacial score (nSPS) is 10.7. The second kappa shape index (κ2) is 6.02. The molecule has 3 aromatic rings. The van der Waals surface area contributed by atoms with E-state index in [4.69, 9.17) is 16.3 Å². The Hall–Kier alpha value is -2.38. The fraction of sp³-hybridized carbons (Fsp3) is 0.0667. The van der Waals surface area contributed by atoms with E-state index in [9.17, 15) is 10.2 Å². The molecule has 0 radical (unpaired) electrons. The molecule has 23 heavy (non-hydrogen) atoms. The van der Waals surface area contributed by atoms with Gasteiger partial charge in [0.1, 0.15) is 33.7 Å². The van der Waals surface area contributed by atoms with Gasteiger partial charge in [-0.1, -0.05) is 22.9 Å². The Morgan fingerprint density at radius 3 is 2.70 bits per heavy atom. The number of thiol groups is 1. The SMILES string of the molecule is COc1c(Cl)cccc1-c1c(S)nnn1-c1ccc(O)cc1O. The number of aromatic nitrogens is 3. The zero-order valence-corrected chi connectivity index (χ0v) is 13.6. The lowest BCUT2D eigenvalue weighted by Gasteiger charge is -2.13. The summed E-state index contributed by atoms with van der Waals surface area (Å²) in [5.74, 6) is 0.246. The van der Waals surface area contributed by atoms with Crippen LogP contribution in [0.3, 0.4) is 0 Å². The summed E-state index contributed by atoms with van der Waals surface area (Å²) in [6, 6.07) is 9.43. The van der Waals surface area contributed by atoms with Crippen molar-refractivity contribution in [3.05, 3.63) is 41.4 Å². The molecule has 1 aromatic heterocycles. The number of benzene rings is 2. The Morgan fingerprint density at radius 2 is 2.00 bits per heavy atom. The van der Waals surface area contributed by atoms with Crippen LogP contribution in [0.1, 0.15) is 0 Å². The molecule has 0 saturated heterocycles. The van der Waals surface area contributed by atoms with Crippen LogP contribution < -0.4 is 4.74 Å². The monoisotopic (exact) mass is 349 g/mol. The minimum Gasteiger partial charge on any atom is -0.508 e. The van der Waals surface area contributed by atoms with Crippen LogP contribution in [-0.2, 0) is 0 Å². The van der Waals surface area contributed by atoms with E-state index >= 15 is 0 Å². The van der Waals surface area contributed by atoms with Crippen LogP contribution in [0.15, 0.2) is 41.4 Å². The molecule has 6 nitrogen and oxygen atoms in total. The Bertz CT molecular complexity index is 882. The zero-order chi connectivity index (χ0) is 16.6. The molecule has 118 valence electrons. The van der Waals surface area contributed by atoms with Crippen molar-refractivity contribution in [2.45, 2.75) is 5.03 Å². The second-order valence-corrected chi connectivity index (χ2v) is 5.50. The van der Waals surface area contributed by atoms with E-state index in [2.05, 4.69) is 22.9 Å². The number of rotatable bonds is 3. The van der Waals surface area contributed by atoms with Crippen LogP contribution in [0.4, 0.5) is 0 Å². The predicted octanol–water partition coefficient (Wildman–Crippen LogP) is 3.30. The predicted molar refractivity (Wildman–Crippen MR) is 88.9 cm³/mol. The topological polar surface area (TPSA) is 80.4 Å². The van der Waals surface area contributed by atoms with E-state index in [1.807, 2.05) is 0 Å². The highest BCUT2D eigenvalue weighted by Gasteiger charge is 2.21. The number of phenols is 2. The summed E-state index contributed by atoms with van der Waals surface area (Å²) in [6.07, 6.45) is 0. The van der Waals surface area contributed by atoms with Gasteiger partial charge in [-0.3, -0.25) is 0 Å². The quantitative estimate of drug-likeness (QED) is 0.632. The number of halogens is 1. The fourth-order valence-electron chi connectivity index (χ4n) is 2.27. The first-order chi connectivity index (χ1) is 11.0. The first-order valence-electron chi connectivity index (χ1n) is 6.53.